The molecule has 5 aromatic rings. The van der Waals surface area contributed by atoms with Gasteiger partial charge in [0.15, 0.2) is 17.0 Å². The highest BCUT2D eigenvalue weighted by molar-refractivity contribution is 6.31. The van der Waals surface area contributed by atoms with Crippen molar-refractivity contribution in [2.45, 2.75) is 20.0 Å². The Kier molecular flexibility index (Phi) is 7.89. The molecule has 0 spiro atoms. The van der Waals surface area contributed by atoms with E-state index in [0.29, 0.717) is 72.8 Å². The van der Waals surface area contributed by atoms with Crippen LogP contribution in [-0.2, 0) is 13.1 Å². The molecule has 3 heterocycles. The Labute approximate surface area is 252 Å². The molecule has 12 heteroatoms. The number of non-ortho nitro benzene ring substituents is 1. The molecule has 11 nitrogen and oxygen atoms in total. The van der Waals surface area contributed by atoms with Gasteiger partial charge in [0.2, 0.25) is 5.95 Å². The number of nitro benzene ring substituents is 1. The maximum absolute atomic E-state index is 13.1. The molecule has 43 heavy (non-hydrogen) atoms. The lowest BCUT2D eigenvalue weighted by Crippen LogP contribution is -2.49. The van der Waals surface area contributed by atoms with Crippen LogP contribution in [0, 0.1) is 17.0 Å². The Morgan fingerprint density at radius 1 is 1.00 bits per heavy atom. The molecule has 0 aliphatic carbocycles. The second-order valence-electron chi connectivity index (χ2n) is 10.4. The number of halogens is 1. The van der Waals surface area contributed by atoms with Gasteiger partial charge in [-0.05, 0) is 36.2 Å². The highest BCUT2D eigenvalue weighted by atomic mass is 35.5. The van der Waals surface area contributed by atoms with Crippen LogP contribution in [0.4, 0.5) is 17.5 Å². The second-order valence-corrected chi connectivity index (χ2v) is 10.8. The molecule has 0 unspecified atom stereocenters. The van der Waals surface area contributed by atoms with Crippen LogP contribution >= 0.6 is 11.6 Å². The minimum atomic E-state index is -0.416. The van der Waals surface area contributed by atoms with Gasteiger partial charge in [0.25, 0.3) is 11.6 Å². The lowest BCUT2D eigenvalue weighted by molar-refractivity contribution is -0.384. The van der Waals surface area contributed by atoms with Crippen molar-refractivity contribution in [1.29, 1.82) is 0 Å². The Morgan fingerprint density at radius 3 is 2.49 bits per heavy atom. The molecule has 3 aromatic carbocycles. The fourth-order valence-corrected chi connectivity index (χ4v) is 5.33. The average molecular weight is 597 g/mol. The van der Waals surface area contributed by atoms with Gasteiger partial charge < -0.3 is 19.7 Å². The number of nitrogens with one attached hydrogen (secondary N) is 1. The number of nitro groups is 1. The molecule has 0 saturated carbocycles. The number of hydrogen-bond donors (Lipinski definition) is 1. The van der Waals surface area contributed by atoms with E-state index in [1.807, 2.05) is 64.9 Å². The molecule has 0 atom stereocenters. The number of carbonyl (C=O) groups is 1. The molecule has 1 N–H and O–H groups in total. The van der Waals surface area contributed by atoms with Crippen LogP contribution in [0.25, 0.3) is 11.2 Å². The fourth-order valence-electron chi connectivity index (χ4n) is 5.12. The molecule has 218 valence electrons. The summed E-state index contributed by atoms with van der Waals surface area (Å²) in [6.45, 7) is 5.07. The monoisotopic (exact) mass is 596 g/mol. The van der Waals surface area contributed by atoms with Crippen LogP contribution in [-0.4, -0.2) is 61.4 Å². The summed E-state index contributed by atoms with van der Waals surface area (Å²) in [6, 6.07) is 21.7. The maximum Gasteiger partial charge on any atom is 0.269 e. The first-order chi connectivity index (χ1) is 20.9. The lowest BCUT2D eigenvalue weighted by Gasteiger charge is -2.35. The third-order valence-electron chi connectivity index (χ3n) is 7.47. The van der Waals surface area contributed by atoms with Crippen molar-refractivity contribution in [2.24, 2.45) is 0 Å². The van der Waals surface area contributed by atoms with Gasteiger partial charge in [-0.25, -0.2) is 4.98 Å². The van der Waals surface area contributed by atoms with E-state index < -0.39 is 4.92 Å². The maximum atomic E-state index is 13.1. The third-order valence-corrected chi connectivity index (χ3v) is 7.84. The van der Waals surface area contributed by atoms with E-state index in [9.17, 15) is 14.9 Å². The Morgan fingerprint density at radius 2 is 1.77 bits per heavy atom. The van der Waals surface area contributed by atoms with Gasteiger partial charge in [-0.3, -0.25) is 14.9 Å². The number of anilines is 2. The molecular formula is C31H29ClN8O3. The van der Waals surface area contributed by atoms with Crippen LogP contribution in [0.2, 0.25) is 5.02 Å². The summed E-state index contributed by atoms with van der Waals surface area (Å²) in [5, 5.41) is 15.1. The van der Waals surface area contributed by atoms with Gasteiger partial charge >= 0.3 is 0 Å². The molecule has 1 amide bonds. The number of nitrogens with zero attached hydrogens (tertiary/aromatic N) is 7. The van der Waals surface area contributed by atoms with Crippen molar-refractivity contribution in [1.82, 2.24) is 24.4 Å². The number of fused-ring (bicyclic) bond motifs is 1. The summed E-state index contributed by atoms with van der Waals surface area (Å²) >= 11 is 6.40. The van der Waals surface area contributed by atoms with Crippen molar-refractivity contribution in [3.8, 4) is 0 Å². The largest absolute Gasteiger partial charge is 0.364 e. The van der Waals surface area contributed by atoms with E-state index in [-0.39, 0.29) is 11.6 Å². The summed E-state index contributed by atoms with van der Waals surface area (Å²) in [6.07, 6.45) is 1.70. The lowest BCUT2D eigenvalue weighted by atomic mass is 10.1. The van der Waals surface area contributed by atoms with Crippen LogP contribution in [0.15, 0.2) is 79.1 Å². The Hall–Kier alpha value is -5.03. The van der Waals surface area contributed by atoms with Gasteiger partial charge in [0.05, 0.1) is 17.8 Å². The first-order valence-electron chi connectivity index (χ1n) is 13.9. The number of amides is 1. The molecule has 0 bridgehead atoms. The number of piperazine rings is 1. The van der Waals surface area contributed by atoms with E-state index in [0.717, 1.165) is 16.7 Å². The average Bonchev–Trinajstić information content (AvgIpc) is 3.43. The zero-order chi connectivity index (χ0) is 29.9. The number of benzene rings is 3. The summed E-state index contributed by atoms with van der Waals surface area (Å²) in [5.41, 5.74) is 4.80. The van der Waals surface area contributed by atoms with Crippen LogP contribution < -0.4 is 10.2 Å². The molecule has 1 aliphatic heterocycles. The van der Waals surface area contributed by atoms with Crippen molar-refractivity contribution >= 4 is 46.1 Å². The van der Waals surface area contributed by atoms with Crippen LogP contribution in [0.5, 0.6) is 0 Å². The molecule has 1 fully saturated rings. The quantitative estimate of drug-likeness (QED) is 0.189. The summed E-state index contributed by atoms with van der Waals surface area (Å²) in [7, 11) is 0. The van der Waals surface area contributed by atoms with E-state index in [1.165, 1.54) is 12.1 Å². The number of carbonyl (C=O) groups excluding carboxylic acids is 1. The SMILES string of the molecule is Cc1cccc(C(=O)N2CCN(c3nc(NCc4ccccc4Cl)c4ncn(Cc5ccc([N+](=O)[O-])cc5)c4n3)CC2)c1. The highest BCUT2D eigenvalue weighted by Crippen LogP contribution is 2.26. The summed E-state index contributed by atoms with van der Waals surface area (Å²) < 4.78 is 1.90. The van der Waals surface area contributed by atoms with Crippen LogP contribution in [0.1, 0.15) is 27.0 Å². The minimum absolute atomic E-state index is 0.0167. The molecule has 1 saturated heterocycles. The molecule has 0 radical (unpaired) electrons. The second kappa shape index (κ2) is 12.1. The first-order valence-corrected chi connectivity index (χ1v) is 14.3. The van der Waals surface area contributed by atoms with Crippen molar-refractivity contribution in [2.75, 3.05) is 36.4 Å². The van der Waals surface area contributed by atoms with E-state index in [2.05, 4.69) is 15.2 Å². The standard InChI is InChI=1S/C31H29ClN8O3/c1-21-5-4-7-23(17-21)30(41)37-13-15-38(16-14-37)31-35-28(33-18-24-6-2-3-8-26(24)32)27-29(36-31)39(20-34-27)19-22-9-11-25(12-10-22)40(42)43/h2-12,17,20H,13-16,18-19H2,1H3,(H,33,35,36). The normalized spacial score (nSPS) is 13.3. The molecular weight excluding hydrogens is 568 g/mol. The first kappa shape index (κ1) is 28.1. The predicted octanol–water partition coefficient (Wildman–Crippen LogP) is 5.32. The number of imidazole rings is 1. The van der Waals surface area contributed by atoms with Crippen LogP contribution in [0.3, 0.4) is 0 Å². The van der Waals surface area contributed by atoms with E-state index >= 15 is 0 Å². The topological polar surface area (TPSA) is 122 Å². The summed E-state index contributed by atoms with van der Waals surface area (Å²) in [4.78, 5) is 42.1. The highest BCUT2D eigenvalue weighted by Gasteiger charge is 2.25. The number of rotatable bonds is 8. The zero-order valence-electron chi connectivity index (χ0n) is 23.5. The van der Waals surface area contributed by atoms with Crippen molar-refractivity contribution < 1.29 is 9.72 Å². The number of aromatic nitrogens is 4. The van der Waals surface area contributed by atoms with Gasteiger partial charge in [-0.2, -0.15) is 9.97 Å². The number of hydrogen-bond acceptors (Lipinski definition) is 8. The smallest absolute Gasteiger partial charge is 0.269 e. The zero-order valence-corrected chi connectivity index (χ0v) is 24.2. The van der Waals surface area contributed by atoms with Gasteiger partial charge in [-0.15, -0.1) is 0 Å². The number of aryl methyl sites for hydroxylation is 1. The molecule has 1 aliphatic rings. The van der Waals surface area contributed by atoms with Crippen molar-refractivity contribution in [3.63, 3.8) is 0 Å². The molecule has 6 rings (SSSR count). The van der Waals surface area contributed by atoms with Crippen molar-refractivity contribution in [3.05, 3.63) is 117 Å². The third kappa shape index (κ3) is 6.12. The minimum Gasteiger partial charge on any atom is -0.364 e. The predicted molar refractivity (Wildman–Crippen MR) is 166 cm³/mol. The van der Waals surface area contributed by atoms with E-state index in [1.54, 1.807) is 18.5 Å². The Bertz CT molecular complexity index is 1800. The Balaban J connectivity index is 1.27. The summed E-state index contributed by atoms with van der Waals surface area (Å²) in [5.74, 6) is 1.12. The van der Waals surface area contributed by atoms with E-state index in [4.69, 9.17) is 21.6 Å². The van der Waals surface area contributed by atoms with Gasteiger partial charge in [-0.1, -0.05) is 59.6 Å². The van der Waals surface area contributed by atoms with Gasteiger partial charge in [0, 0.05) is 55.4 Å². The fraction of sp³-hybridized carbons (Fsp3) is 0.226. The molecule has 2 aromatic heterocycles. The van der Waals surface area contributed by atoms with Gasteiger partial charge in [0.1, 0.15) is 0 Å².